The van der Waals surface area contributed by atoms with Crippen LogP contribution in [-0.4, -0.2) is 56.6 Å². The van der Waals surface area contributed by atoms with E-state index < -0.39 is 24.4 Å². The minimum Gasteiger partial charge on any atom is -0.393 e. The standard InChI is InChI=1S/C28H46O5/c1-15(16(2)14-29)10-23(31)17(3)20-6-7-21-26-22(8-9-27(20,21)4)28(5)18(12-24(26)32)11-19(30)13-25(28)33/h12,17,19-26,29-33H,6-11,13-14H2,1-5H3/b16-15+/t17-,19+,20+,21-,22-,23+,24+,25-,26-,27+,28-/m0/s1. The van der Waals surface area contributed by atoms with E-state index in [9.17, 15) is 25.5 Å². The zero-order valence-electron chi connectivity index (χ0n) is 21.2. The van der Waals surface area contributed by atoms with Crippen LogP contribution in [0.15, 0.2) is 22.8 Å². The molecule has 33 heavy (non-hydrogen) atoms. The maximum Gasteiger partial charge on any atom is 0.0757 e. The SMILES string of the molecule is C/C(CO)=C(/C)C[C@@H](O)[C@@H](C)[C@H]1CC[C@H]2[C@@H]3[C@H](O)C=C4C[C@@H](O)C[C@H](O)[C@]4(C)[C@H]3CC[C@]12C. The van der Waals surface area contributed by atoms with Gasteiger partial charge in [-0.2, -0.15) is 0 Å². The minimum atomic E-state index is -0.570. The number of aliphatic hydroxyl groups is 5. The summed E-state index contributed by atoms with van der Waals surface area (Å²) in [5.74, 6) is 1.26. The van der Waals surface area contributed by atoms with Crippen molar-refractivity contribution in [3.63, 3.8) is 0 Å². The van der Waals surface area contributed by atoms with Gasteiger partial charge in [-0.05, 0) is 93.0 Å². The maximum absolute atomic E-state index is 11.3. The fourth-order valence-corrected chi connectivity index (χ4v) is 8.68. The Morgan fingerprint density at radius 1 is 1.06 bits per heavy atom. The van der Waals surface area contributed by atoms with E-state index in [1.165, 1.54) is 0 Å². The van der Waals surface area contributed by atoms with Crippen molar-refractivity contribution in [1.29, 1.82) is 0 Å². The smallest absolute Gasteiger partial charge is 0.0757 e. The lowest BCUT2D eigenvalue weighted by atomic mass is 9.45. The van der Waals surface area contributed by atoms with Crippen molar-refractivity contribution in [3.05, 3.63) is 22.8 Å². The van der Waals surface area contributed by atoms with Crippen molar-refractivity contribution in [2.75, 3.05) is 6.61 Å². The second kappa shape index (κ2) is 9.05. The Labute approximate surface area is 199 Å². The summed E-state index contributed by atoms with van der Waals surface area (Å²) in [6.45, 7) is 10.7. The normalized spacial score (nSPS) is 47.6. The lowest BCUT2D eigenvalue weighted by molar-refractivity contribution is -0.136. The first kappa shape index (κ1) is 25.4. The van der Waals surface area contributed by atoms with Crippen LogP contribution in [0.3, 0.4) is 0 Å². The lowest BCUT2D eigenvalue weighted by Gasteiger charge is -2.60. The summed E-state index contributed by atoms with van der Waals surface area (Å²) >= 11 is 0. The first-order valence-corrected chi connectivity index (χ1v) is 13.1. The third kappa shape index (κ3) is 3.96. The number of rotatable bonds is 5. The summed E-state index contributed by atoms with van der Waals surface area (Å²) in [5.41, 5.74) is 2.76. The average molecular weight is 463 g/mol. The van der Waals surface area contributed by atoms with Crippen molar-refractivity contribution in [3.8, 4) is 0 Å². The molecule has 3 saturated carbocycles. The van der Waals surface area contributed by atoms with Gasteiger partial charge in [-0.25, -0.2) is 0 Å². The zero-order chi connectivity index (χ0) is 24.3. The van der Waals surface area contributed by atoms with Gasteiger partial charge in [0.25, 0.3) is 0 Å². The molecule has 4 rings (SSSR count). The van der Waals surface area contributed by atoms with Crippen molar-refractivity contribution >= 4 is 0 Å². The number of hydrogen-bond donors (Lipinski definition) is 5. The van der Waals surface area contributed by atoms with Crippen LogP contribution in [-0.2, 0) is 0 Å². The molecular weight excluding hydrogens is 416 g/mol. The molecular formula is C28H46O5. The van der Waals surface area contributed by atoms with E-state index in [1.54, 1.807) is 0 Å². The molecule has 0 aliphatic heterocycles. The molecule has 4 aliphatic rings. The Kier molecular flexibility index (Phi) is 6.96. The molecule has 188 valence electrons. The van der Waals surface area contributed by atoms with E-state index in [0.29, 0.717) is 31.1 Å². The highest BCUT2D eigenvalue weighted by Crippen LogP contribution is 2.67. The molecule has 0 aromatic carbocycles. The monoisotopic (exact) mass is 462 g/mol. The number of fused-ring (bicyclic) bond motifs is 5. The Morgan fingerprint density at radius 2 is 1.76 bits per heavy atom. The molecule has 5 heteroatoms. The molecule has 0 saturated heterocycles. The fourth-order valence-electron chi connectivity index (χ4n) is 8.68. The lowest BCUT2D eigenvalue weighted by Crippen LogP contribution is -2.59. The topological polar surface area (TPSA) is 101 Å². The van der Waals surface area contributed by atoms with Crippen molar-refractivity contribution in [1.82, 2.24) is 0 Å². The molecule has 0 radical (unpaired) electrons. The highest BCUT2D eigenvalue weighted by Gasteiger charge is 2.63. The summed E-state index contributed by atoms with van der Waals surface area (Å²) in [6.07, 6.45) is 5.61. The molecule has 0 heterocycles. The largest absolute Gasteiger partial charge is 0.393 e. The Morgan fingerprint density at radius 3 is 2.42 bits per heavy atom. The average Bonchev–Trinajstić information content (AvgIpc) is 3.11. The van der Waals surface area contributed by atoms with E-state index in [2.05, 4.69) is 20.8 Å². The molecule has 0 amide bonds. The van der Waals surface area contributed by atoms with Gasteiger partial charge in [0, 0.05) is 11.8 Å². The second-order valence-electron chi connectivity index (χ2n) is 12.4. The summed E-state index contributed by atoms with van der Waals surface area (Å²) < 4.78 is 0. The molecule has 5 N–H and O–H groups in total. The second-order valence-corrected chi connectivity index (χ2v) is 12.4. The van der Waals surface area contributed by atoms with Gasteiger partial charge in [-0.15, -0.1) is 0 Å². The van der Waals surface area contributed by atoms with Gasteiger partial charge in [0.1, 0.15) is 0 Å². The molecule has 0 aromatic rings. The molecule has 0 unspecified atom stereocenters. The Bertz CT molecular complexity index is 804. The predicted octanol–water partition coefficient (Wildman–Crippen LogP) is 3.58. The predicted molar refractivity (Wildman–Crippen MR) is 129 cm³/mol. The van der Waals surface area contributed by atoms with Crippen molar-refractivity contribution in [2.24, 2.45) is 40.4 Å². The first-order valence-electron chi connectivity index (χ1n) is 13.1. The van der Waals surface area contributed by atoms with Crippen LogP contribution >= 0.6 is 0 Å². The molecule has 0 bridgehead atoms. The van der Waals surface area contributed by atoms with Crippen LogP contribution in [0.25, 0.3) is 0 Å². The summed E-state index contributed by atoms with van der Waals surface area (Å²) in [7, 11) is 0. The molecule has 4 aliphatic carbocycles. The maximum atomic E-state index is 11.3. The van der Waals surface area contributed by atoms with Gasteiger partial charge in [-0.1, -0.05) is 38.0 Å². The van der Waals surface area contributed by atoms with Gasteiger partial charge < -0.3 is 25.5 Å². The molecule has 0 aromatic heterocycles. The summed E-state index contributed by atoms with van der Waals surface area (Å²) in [5, 5.41) is 53.2. The van der Waals surface area contributed by atoms with E-state index in [-0.39, 0.29) is 35.2 Å². The van der Waals surface area contributed by atoms with E-state index in [1.807, 2.05) is 19.9 Å². The Hall–Kier alpha value is -0.720. The first-order chi connectivity index (χ1) is 15.4. The van der Waals surface area contributed by atoms with Crippen molar-refractivity contribution in [2.45, 2.75) is 104 Å². The third-order valence-electron chi connectivity index (χ3n) is 11.0. The number of aliphatic hydroxyl groups excluding tert-OH is 5. The third-order valence-corrected chi connectivity index (χ3v) is 11.0. The van der Waals surface area contributed by atoms with Gasteiger partial charge in [-0.3, -0.25) is 0 Å². The van der Waals surface area contributed by atoms with Gasteiger partial charge in [0.15, 0.2) is 0 Å². The van der Waals surface area contributed by atoms with Crippen LogP contribution in [0.1, 0.15) is 79.6 Å². The van der Waals surface area contributed by atoms with Crippen LogP contribution in [0, 0.1) is 40.4 Å². The van der Waals surface area contributed by atoms with E-state index >= 15 is 0 Å². The number of hydrogen-bond acceptors (Lipinski definition) is 5. The molecule has 11 atom stereocenters. The van der Waals surface area contributed by atoms with Crippen molar-refractivity contribution < 1.29 is 25.5 Å². The van der Waals surface area contributed by atoms with Gasteiger partial charge in [0.2, 0.25) is 0 Å². The highest BCUT2D eigenvalue weighted by molar-refractivity contribution is 5.30. The van der Waals surface area contributed by atoms with Crippen LogP contribution < -0.4 is 0 Å². The van der Waals surface area contributed by atoms with E-state index in [4.69, 9.17) is 0 Å². The van der Waals surface area contributed by atoms with Crippen LogP contribution in [0.5, 0.6) is 0 Å². The van der Waals surface area contributed by atoms with Crippen LogP contribution in [0.4, 0.5) is 0 Å². The fraction of sp³-hybridized carbons (Fsp3) is 0.857. The minimum absolute atomic E-state index is 0.0360. The quantitative estimate of drug-likeness (QED) is 0.402. The summed E-state index contributed by atoms with van der Waals surface area (Å²) in [4.78, 5) is 0. The molecule has 0 spiro atoms. The van der Waals surface area contributed by atoms with Crippen LogP contribution in [0.2, 0.25) is 0 Å². The van der Waals surface area contributed by atoms with Gasteiger partial charge >= 0.3 is 0 Å². The summed E-state index contributed by atoms with van der Waals surface area (Å²) in [6, 6.07) is 0. The molecule has 5 nitrogen and oxygen atoms in total. The highest BCUT2D eigenvalue weighted by atomic mass is 16.3. The Balaban J connectivity index is 1.58. The van der Waals surface area contributed by atoms with Gasteiger partial charge in [0.05, 0.1) is 31.0 Å². The molecule has 3 fully saturated rings. The zero-order valence-corrected chi connectivity index (χ0v) is 21.2. The van der Waals surface area contributed by atoms with E-state index in [0.717, 1.165) is 42.4 Å².